The normalized spacial score (nSPS) is 13.3. The van der Waals surface area contributed by atoms with Gasteiger partial charge in [-0.15, -0.1) is 0 Å². The molecule has 0 heterocycles. The number of carbonyl (C=O) groups excluding carboxylic acids is 2. The van der Waals surface area contributed by atoms with Crippen molar-refractivity contribution in [2.75, 3.05) is 13.2 Å². The van der Waals surface area contributed by atoms with Gasteiger partial charge in [0.15, 0.2) is 6.10 Å². The number of esters is 2. The van der Waals surface area contributed by atoms with Crippen LogP contribution in [0.4, 0.5) is 0 Å². The number of rotatable bonds is 34. The van der Waals surface area contributed by atoms with Gasteiger partial charge in [-0.2, -0.15) is 0 Å². The Morgan fingerprint density at radius 1 is 0.540 bits per heavy atom. The molecule has 0 unspecified atom stereocenters. The number of allylic oxidation sites excluding steroid dienone is 12. The van der Waals surface area contributed by atoms with Crippen LogP contribution in [-0.4, -0.2) is 41.0 Å². The summed E-state index contributed by atoms with van der Waals surface area (Å²) in [5.41, 5.74) is 0. The second-order valence-electron chi connectivity index (χ2n) is 12.5. The minimum Gasteiger partial charge on any atom is -0.462 e. The Labute approximate surface area is 304 Å². The molecule has 0 aromatic heterocycles. The largest absolute Gasteiger partial charge is 0.469 e. The first-order chi connectivity index (χ1) is 24.3. The lowest BCUT2D eigenvalue weighted by molar-refractivity contribution is -0.161. The molecular formula is C41H69O8P. The Hall–Kier alpha value is -2.51. The van der Waals surface area contributed by atoms with Crippen molar-refractivity contribution in [1.29, 1.82) is 0 Å². The predicted molar refractivity (Wildman–Crippen MR) is 207 cm³/mol. The molecule has 0 aliphatic rings. The van der Waals surface area contributed by atoms with E-state index >= 15 is 0 Å². The van der Waals surface area contributed by atoms with E-state index in [0.29, 0.717) is 12.8 Å². The number of ether oxygens (including phenoxy) is 2. The summed E-state index contributed by atoms with van der Waals surface area (Å²) in [6.45, 7) is 3.49. The molecular weight excluding hydrogens is 651 g/mol. The molecule has 8 nitrogen and oxygen atoms in total. The van der Waals surface area contributed by atoms with Crippen LogP contribution in [0.2, 0.25) is 0 Å². The summed E-state index contributed by atoms with van der Waals surface area (Å²) >= 11 is 0. The molecule has 1 atom stereocenters. The topological polar surface area (TPSA) is 119 Å². The Balaban J connectivity index is 4.09. The minimum atomic E-state index is -4.77. The van der Waals surface area contributed by atoms with Crippen LogP contribution in [0.15, 0.2) is 72.9 Å². The monoisotopic (exact) mass is 720 g/mol. The fourth-order valence-corrected chi connectivity index (χ4v) is 5.23. The van der Waals surface area contributed by atoms with Gasteiger partial charge in [0, 0.05) is 12.8 Å². The van der Waals surface area contributed by atoms with Crippen molar-refractivity contribution in [3.63, 3.8) is 0 Å². The summed E-state index contributed by atoms with van der Waals surface area (Å²) in [5, 5.41) is 0. The lowest BCUT2D eigenvalue weighted by Gasteiger charge is -2.18. The molecule has 9 heteroatoms. The lowest BCUT2D eigenvalue weighted by Crippen LogP contribution is -2.29. The number of unbranched alkanes of at least 4 members (excludes halogenated alkanes) is 12. The number of phosphoric acid groups is 1. The van der Waals surface area contributed by atoms with Crippen LogP contribution in [0.25, 0.3) is 0 Å². The molecule has 0 aromatic carbocycles. The van der Waals surface area contributed by atoms with Gasteiger partial charge in [-0.25, -0.2) is 4.57 Å². The van der Waals surface area contributed by atoms with Crippen molar-refractivity contribution < 1.29 is 37.9 Å². The van der Waals surface area contributed by atoms with E-state index in [4.69, 9.17) is 19.3 Å². The first-order valence-electron chi connectivity index (χ1n) is 19.2. The highest BCUT2D eigenvalue weighted by molar-refractivity contribution is 7.46. The minimum absolute atomic E-state index is 0.184. The SMILES string of the molecule is CC/C=C/C/C=C/C/C=C/C/C=C/C/C=C/CCCC(=O)OC[C@H](COP(=O)(O)O)OC(=O)CCCCCCC/C=C/CCCCCCCC. The molecule has 0 saturated heterocycles. The van der Waals surface area contributed by atoms with E-state index < -0.39 is 32.5 Å². The summed E-state index contributed by atoms with van der Waals surface area (Å²) in [7, 11) is -4.77. The number of phosphoric ester groups is 1. The maximum absolute atomic E-state index is 12.4. The summed E-state index contributed by atoms with van der Waals surface area (Å²) < 4.78 is 26.3. The van der Waals surface area contributed by atoms with E-state index in [1.165, 1.54) is 44.9 Å². The highest BCUT2D eigenvalue weighted by Gasteiger charge is 2.22. The van der Waals surface area contributed by atoms with Crippen LogP contribution in [0.5, 0.6) is 0 Å². The number of hydrogen-bond donors (Lipinski definition) is 2. The van der Waals surface area contributed by atoms with Crippen molar-refractivity contribution in [2.24, 2.45) is 0 Å². The molecule has 50 heavy (non-hydrogen) atoms. The molecule has 0 fully saturated rings. The number of carbonyl (C=O) groups is 2. The molecule has 286 valence electrons. The lowest BCUT2D eigenvalue weighted by atomic mass is 10.1. The van der Waals surface area contributed by atoms with Gasteiger partial charge in [0.05, 0.1) is 6.61 Å². The average molecular weight is 721 g/mol. The molecule has 0 bridgehead atoms. The van der Waals surface area contributed by atoms with Crippen LogP contribution < -0.4 is 0 Å². The molecule has 0 amide bonds. The summed E-state index contributed by atoms with van der Waals surface area (Å²) in [4.78, 5) is 42.7. The van der Waals surface area contributed by atoms with Crippen LogP contribution in [-0.2, 0) is 28.2 Å². The van der Waals surface area contributed by atoms with Crippen LogP contribution in [0.1, 0.15) is 155 Å². The van der Waals surface area contributed by atoms with Crippen molar-refractivity contribution in [1.82, 2.24) is 0 Å². The zero-order valence-corrected chi connectivity index (χ0v) is 32.2. The third kappa shape index (κ3) is 38.3. The van der Waals surface area contributed by atoms with Gasteiger partial charge in [0.1, 0.15) is 6.61 Å². The Kier molecular flexibility index (Phi) is 34.5. The van der Waals surface area contributed by atoms with E-state index in [9.17, 15) is 14.2 Å². The van der Waals surface area contributed by atoms with Gasteiger partial charge in [-0.05, 0) is 77.0 Å². The van der Waals surface area contributed by atoms with Gasteiger partial charge in [-0.3, -0.25) is 14.1 Å². The average Bonchev–Trinajstić information content (AvgIpc) is 3.08. The van der Waals surface area contributed by atoms with E-state index in [1.807, 2.05) is 6.08 Å². The molecule has 0 rings (SSSR count). The predicted octanol–water partition coefficient (Wildman–Crippen LogP) is 11.5. The fraction of sp³-hybridized carbons (Fsp3) is 0.659. The van der Waals surface area contributed by atoms with E-state index in [1.54, 1.807) is 0 Å². The summed E-state index contributed by atoms with van der Waals surface area (Å²) in [6, 6.07) is 0. The molecule has 2 N–H and O–H groups in total. The highest BCUT2D eigenvalue weighted by atomic mass is 31.2. The van der Waals surface area contributed by atoms with Gasteiger partial charge < -0.3 is 19.3 Å². The Bertz CT molecular complexity index is 1040. The highest BCUT2D eigenvalue weighted by Crippen LogP contribution is 2.36. The maximum atomic E-state index is 12.4. The maximum Gasteiger partial charge on any atom is 0.469 e. The van der Waals surface area contributed by atoms with E-state index in [2.05, 4.69) is 85.2 Å². The smallest absolute Gasteiger partial charge is 0.462 e. The third-order valence-corrected chi connectivity index (χ3v) is 8.19. The molecule has 0 aliphatic heterocycles. The quantitative estimate of drug-likeness (QED) is 0.0292. The van der Waals surface area contributed by atoms with Crippen molar-refractivity contribution in [3.05, 3.63) is 72.9 Å². The van der Waals surface area contributed by atoms with Crippen molar-refractivity contribution in [2.45, 2.75) is 161 Å². The summed E-state index contributed by atoms with van der Waals surface area (Å²) in [5.74, 6) is -0.969. The third-order valence-electron chi connectivity index (χ3n) is 7.71. The fourth-order valence-electron chi connectivity index (χ4n) is 4.87. The van der Waals surface area contributed by atoms with Gasteiger partial charge in [-0.1, -0.05) is 138 Å². The van der Waals surface area contributed by atoms with Crippen LogP contribution in [0.3, 0.4) is 0 Å². The van der Waals surface area contributed by atoms with Crippen LogP contribution >= 0.6 is 7.82 Å². The van der Waals surface area contributed by atoms with Crippen LogP contribution in [0, 0.1) is 0 Å². The van der Waals surface area contributed by atoms with Gasteiger partial charge >= 0.3 is 19.8 Å². The van der Waals surface area contributed by atoms with Crippen molar-refractivity contribution >= 4 is 19.8 Å². The molecule has 0 saturated carbocycles. The molecule has 0 spiro atoms. The second-order valence-corrected chi connectivity index (χ2v) is 13.8. The second kappa shape index (κ2) is 36.3. The first-order valence-corrected chi connectivity index (χ1v) is 20.8. The van der Waals surface area contributed by atoms with Gasteiger partial charge in [0.25, 0.3) is 0 Å². The zero-order valence-electron chi connectivity index (χ0n) is 31.3. The summed E-state index contributed by atoms with van der Waals surface area (Å²) in [6.07, 6.45) is 46.3. The molecule has 0 radical (unpaired) electrons. The Morgan fingerprint density at radius 2 is 0.980 bits per heavy atom. The first kappa shape index (κ1) is 47.5. The van der Waals surface area contributed by atoms with Crippen molar-refractivity contribution in [3.8, 4) is 0 Å². The van der Waals surface area contributed by atoms with Gasteiger partial charge in [0.2, 0.25) is 0 Å². The van der Waals surface area contributed by atoms with E-state index in [-0.39, 0.29) is 19.4 Å². The Morgan fingerprint density at radius 3 is 1.52 bits per heavy atom. The molecule has 0 aromatic rings. The number of hydrogen-bond acceptors (Lipinski definition) is 6. The molecule has 0 aliphatic carbocycles. The standard InChI is InChI=1S/C41H69O8P/c1-3-5-7-9-11-13-15-17-19-20-22-23-25-27-29-31-33-35-40(42)47-37-39(38-48-50(44,45)46)49-41(43)36-34-32-30-28-26-24-21-18-16-14-12-10-8-6-4-2/h5,7,11,13,17-19,21-23,27,29,39H,3-4,6,8-10,12,14-16,20,24-26,28,30-38H2,1-2H3,(H2,44,45,46)/b7-5+,13-11+,19-17+,21-18+,23-22+,29-27+/t39-/m1/s1. The zero-order chi connectivity index (χ0) is 36.8. The van der Waals surface area contributed by atoms with E-state index in [0.717, 1.165) is 70.6 Å².